The van der Waals surface area contributed by atoms with Gasteiger partial charge in [0, 0.05) is 17.3 Å². The Labute approximate surface area is 126 Å². The topological polar surface area (TPSA) is 12.9 Å². The average Bonchev–Trinajstić information content (AvgIpc) is 2.56. The van der Waals surface area contributed by atoms with Gasteiger partial charge in [0.1, 0.15) is 0 Å². The third kappa shape index (κ3) is 2.87. The van der Waals surface area contributed by atoms with Crippen LogP contribution in [0.1, 0.15) is 25.3 Å². The first-order valence-corrected chi connectivity index (χ1v) is 7.36. The monoisotopic (exact) mass is 273 g/mol. The first-order chi connectivity index (χ1) is 10.3. The Morgan fingerprint density at radius 2 is 1.33 bits per heavy atom. The predicted octanol–water partition coefficient (Wildman–Crippen LogP) is 5.54. The van der Waals surface area contributed by atoms with Crippen LogP contribution < -0.4 is 0 Å². The fourth-order valence-corrected chi connectivity index (χ4v) is 2.57. The molecule has 1 aromatic heterocycles. The van der Waals surface area contributed by atoms with Crippen molar-refractivity contribution < 1.29 is 0 Å². The Morgan fingerprint density at radius 1 is 0.762 bits per heavy atom. The van der Waals surface area contributed by atoms with E-state index in [1.54, 1.807) is 0 Å². The summed E-state index contributed by atoms with van der Waals surface area (Å²) in [5, 5.41) is 0. The van der Waals surface area contributed by atoms with Crippen LogP contribution in [0.3, 0.4) is 0 Å². The summed E-state index contributed by atoms with van der Waals surface area (Å²) in [4.78, 5) is 4.67. The molecule has 0 saturated carbocycles. The lowest BCUT2D eigenvalue weighted by Crippen LogP contribution is -1.96. The minimum Gasteiger partial charge on any atom is -0.256 e. The van der Waals surface area contributed by atoms with Crippen LogP contribution in [0.4, 0.5) is 0 Å². The van der Waals surface area contributed by atoms with Crippen molar-refractivity contribution in [1.82, 2.24) is 4.98 Å². The highest BCUT2D eigenvalue weighted by Crippen LogP contribution is 2.31. The van der Waals surface area contributed by atoms with Crippen LogP contribution in [0.25, 0.3) is 22.4 Å². The molecule has 3 aromatic rings. The van der Waals surface area contributed by atoms with Gasteiger partial charge in [-0.1, -0.05) is 74.5 Å². The standard InChI is InChI=1S/C20H19N/c1-15(2)18-13-20(17-11-7-4-8-12-17)21-14-19(18)16-9-5-3-6-10-16/h3-15H,1-2H3. The second-order valence-corrected chi connectivity index (χ2v) is 5.54. The maximum Gasteiger partial charge on any atom is 0.0705 e. The lowest BCUT2D eigenvalue weighted by molar-refractivity contribution is 0.866. The Bertz CT molecular complexity index is 715. The Kier molecular flexibility index (Phi) is 3.83. The van der Waals surface area contributed by atoms with Gasteiger partial charge in [-0.05, 0) is 23.1 Å². The molecule has 104 valence electrons. The minimum atomic E-state index is 0.464. The van der Waals surface area contributed by atoms with E-state index in [9.17, 15) is 0 Å². The lowest BCUT2D eigenvalue weighted by atomic mass is 9.93. The molecular formula is C20H19N. The van der Waals surface area contributed by atoms with E-state index in [1.165, 1.54) is 22.3 Å². The van der Waals surface area contributed by atoms with Gasteiger partial charge in [0.15, 0.2) is 0 Å². The number of benzene rings is 2. The molecule has 0 saturated heterocycles. The summed E-state index contributed by atoms with van der Waals surface area (Å²) in [6.45, 7) is 4.47. The van der Waals surface area contributed by atoms with Crippen LogP contribution >= 0.6 is 0 Å². The van der Waals surface area contributed by atoms with Crippen LogP contribution in [-0.4, -0.2) is 4.98 Å². The molecule has 0 N–H and O–H groups in total. The fourth-order valence-electron chi connectivity index (χ4n) is 2.57. The van der Waals surface area contributed by atoms with E-state index in [4.69, 9.17) is 0 Å². The summed E-state index contributed by atoms with van der Waals surface area (Å²) in [5.41, 5.74) is 6.01. The highest BCUT2D eigenvalue weighted by Gasteiger charge is 2.11. The smallest absolute Gasteiger partial charge is 0.0705 e. The van der Waals surface area contributed by atoms with Crippen molar-refractivity contribution in [3.8, 4) is 22.4 Å². The lowest BCUT2D eigenvalue weighted by Gasteiger charge is -2.14. The average molecular weight is 273 g/mol. The third-order valence-corrected chi connectivity index (χ3v) is 3.71. The van der Waals surface area contributed by atoms with Gasteiger partial charge in [0.25, 0.3) is 0 Å². The number of aromatic nitrogens is 1. The molecule has 0 aliphatic heterocycles. The van der Waals surface area contributed by atoms with E-state index in [-0.39, 0.29) is 0 Å². The molecule has 0 spiro atoms. The van der Waals surface area contributed by atoms with E-state index in [1.807, 2.05) is 18.3 Å². The summed E-state index contributed by atoms with van der Waals surface area (Å²) in [6.07, 6.45) is 2.01. The van der Waals surface area contributed by atoms with Crippen LogP contribution in [0.15, 0.2) is 72.9 Å². The molecule has 0 amide bonds. The molecule has 0 fully saturated rings. The van der Waals surface area contributed by atoms with Crippen molar-refractivity contribution in [3.05, 3.63) is 78.5 Å². The van der Waals surface area contributed by atoms with Crippen molar-refractivity contribution >= 4 is 0 Å². The highest BCUT2D eigenvalue weighted by molar-refractivity contribution is 5.71. The molecule has 0 radical (unpaired) electrons. The number of hydrogen-bond donors (Lipinski definition) is 0. The minimum absolute atomic E-state index is 0.464. The van der Waals surface area contributed by atoms with Gasteiger partial charge in [-0.2, -0.15) is 0 Å². The summed E-state index contributed by atoms with van der Waals surface area (Å²) in [6, 6.07) is 23.1. The van der Waals surface area contributed by atoms with Gasteiger partial charge in [-0.25, -0.2) is 0 Å². The highest BCUT2D eigenvalue weighted by atomic mass is 14.7. The number of pyridine rings is 1. The molecular weight excluding hydrogens is 254 g/mol. The van der Waals surface area contributed by atoms with Crippen molar-refractivity contribution in [2.45, 2.75) is 19.8 Å². The van der Waals surface area contributed by atoms with Gasteiger partial charge in [-0.3, -0.25) is 4.98 Å². The van der Waals surface area contributed by atoms with Gasteiger partial charge >= 0.3 is 0 Å². The second kappa shape index (κ2) is 5.92. The molecule has 0 bridgehead atoms. The first kappa shape index (κ1) is 13.6. The first-order valence-electron chi connectivity index (χ1n) is 7.36. The van der Waals surface area contributed by atoms with Crippen molar-refractivity contribution in [3.63, 3.8) is 0 Å². The second-order valence-electron chi connectivity index (χ2n) is 5.54. The molecule has 1 heteroatoms. The maximum atomic E-state index is 4.67. The van der Waals surface area contributed by atoms with E-state index >= 15 is 0 Å². The summed E-state index contributed by atoms with van der Waals surface area (Å²) >= 11 is 0. The zero-order valence-electron chi connectivity index (χ0n) is 12.5. The molecule has 0 aliphatic rings. The number of rotatable bonds is 3. The molecule has 21 heavy (non-hydrogen) atoms. The van der Waals surface area contributed by atoms with Gasteiger partial charge < -0.3 is 0 Å². The van der Waals surface area contributed by atoms with Crippen molar-refractivity contribution in [1.29, 1.82) is 0 Å². The Morgan fingerprint density at radius 3 is 1.90 bits per heavy atom. The molecule has 3 rings (SSSR count). The normalized spacial score (nSPS) is 10.8. The van der Waals surface area contributed by atoms with Crippen LogP contribution in [-0.2, 0) is 0 Å². The maximum absolute atomic E-state index is 4.67. The third-order valence-electron chi connectivity index (χ3n) is 3.71. The van der Waals surface area contributed by atoms with Crippen LogP contribution in [0.2, 0.25) is 0 Å². The van der Waals surface area contributed by atoms with Crippen LogP contribution in [0.5, 0.6) is 0 Å². The summed E-state index contributed by atoms with van der Waals surface area (Å²) in [7, 11) is 0. The molecule has 2 aromatic carbocycles. The zero-order chi connectivity index (χ0) is 14.7. The van der Waals surface area contributed by atoms with E-state index in [0.29, 0.717) is 5.92 Å². The van der Waals surface area contributed by atoms with E-state index < -0.39 is 0 Å². The zero-order valence-corrected chi connectivity index (χ0v) is 12.5. The molecule has 0 aliphatic carbocycles. The van der Waals surface area contributed by atoms with Gasteiger partial charge in [-0.15, -0.1) is 0 Å². The van der Waals surface area contributed by atoms with Gasteiger partial charge in [0.2, 0.25) is 0 Å². The quantitative estimate of drug-likeness (QED) is 0.610. The van der Waals surface area contributed by atoms with Gasteiger partial charge in [0.05, 0.1) is 5.69 Å². The largest absolute Gasteiger partial charge is 0.256 e. The van der Waals surface area contributed by atoms with E-state index in [0.717, 1.165) is 5.69 Å². The fraction of sp³-hybridized carbons (Fsp3) is 0.150. The molecule has 0 unspecified atom stereocenters. The summed E-state index contributed by atoms with van der Waals surface area (Å²) < 4.78 is 0. The molecule has 1 heterocycles. The Hall–Kier alpha value is -2.41. The molecule has 1 nitrogen and oxygen atoms in total. The van der Waals surface area contributed by atoms with Crippen LogP contribution in [0, 0.1) is 0 Å². The predicted molar refractivity (Wildman–Crippen MR) is 89.2 cm³/mol. The van der Waals surface area contributed by atoms with Crippen molar-refractivity contribution in [2.24, 2.45) is 0 Å². The SMILES string of the molecule is CC(C)c1cc(-c2ccccc2)ncc1-c1ccccc1. The Balaban J connectivity index is 2.12. The summed E-state index contributed by atoms with van der Waals surface area (Å²) in [5.74, 6) is 0.464. The van der Waals surface area contributed by atoms with E-state index in [2.05, 4.69) is 73.4 Å². The number of hydrogen-bond acceptors (Lipinski definition) is 1. The number of nitrogens with zero attached hydrogens (tertiary/aromatic N) is 1. The van der Waals surface area contributed by atoms with Crippen molar-refractivity contribution in [2.75, 3.05) is 0 Å². The molecule has 0 atom stereocenters.